The van der Waals surface area contributed by atoms with Crippen molar-refractivity contribution in [3.63, 3.8) is 0 Å². The number of para-hydroxylation sites is 2. The third-order valence-corrected chi connectivity index (χ3v) is 4.65. The Morgan fingerprint density at radius 1 is 0.929 bits per heavy atom. The molecular formula is C22H25N5O. The third-order valence-electron chi connectivity index (χ3n) is 4.65. The van der Waals surface area contributed by atoms with E-state index in [0.717, 1.165) is 49.2 Å². The Hall–Kier alpha value is -3.12. The van der Waals surface area contributed by atoms with Crippen LogP contribution in [0.3, 0.4) is 0 Å². The van der Waals surface area contributed by atoms with Crippen molar-refractivity contribution >= 4 is 28.8 Å². The molecule has 144 valence electrons. The number of morpholine rings is 1. The molecule has 6 heteroatoms. The monoisotopic (exact) mass is 375 g/mol. The number of nitrogens with zero attached hydrogens (tertiary/aromatic N) is 3. The van der Waals surface area contributed by atoms with Crippen LogP contribution < -0.4 is 15.5 Å². The van der Waals surface area contributed by atoms with E-state index in [0.29, 0.717) is 5.95 Å². The number of anilines is 5. The lowest BCUT2D eigenvalue weighted by Crippen LogP contribution is -2.36. The quantitative estimate of drug-likeness (QED) is 0.688. The summed E-state index contributed by atoms with van der Waals surface area (Å²) in [5, 5.41) is 6.75. The number of aryl methyl sites for hydroxylation is 2. The van der Waals surface area contributed by atoms with E-state index < -0.39 is 0 Å². The second kappa shape index (κ2) is 8.27. The Kier molecular flexibility index (Phi) is 5.39. The van der Waals surface area contributed by atoms with Gasteiger partial charge in [-0.1, -0.05) is 18.2 Å². The molecule has 1 fully saturated rings. The van der Waals surface area contributed by atoms with Gasteiger partial charge in [-0.05, 0) is 55.3 Å². The molecule has 28 heavy (non-hydrogen) atoms. The van der Waals surface area contributed by atoms with Crippen LogP contribution >= 0.6 is 0 Å². The lowest BCUT2D eigenvalue weighted by molar-refractivity contribution is 0.123. The largest absolute Gasteiger partial charge is 0.378 e. The van der Waals surface area contributed by atoms with E-state index in [1.807, 2.05) is 12.1 Å². The summed E-state index contributed by atoms with van der Waals surface area (Å²) in [4.78, 5) is 11.3. The van der Waals surface area contributed by atoms with Gasteiger partial charge in [0.25, 0.3) is 0 Å². The Labute approximate surface area is 165 Å². The van der Waals surface area contributed by atoms with E-state index in [1.165, 1.54) is 11.1 Å². The zero-order valence-corrected chi connectivity index (χ0v) is 16.3. The van der Waals surface area contributed by atoms with Gasteiger partial charge in [0.05, 0.1) is 24.6 Å². The molecule has 1 saturated heterocycles. The molecule has 2 heterocycles. The van der Waals surface area contributed by atoms with Gasteiger partial charge < -0.3 is 20.3 Å². The van der Waals surface area contributed by atoms with E-state index in [4.69, 9.17) is 4.74 Å². The Morgan fingerprint density at radius 2 is 1.68 bits per heavy atom. The second-order valence-electron chi connectivity index (χ2n) is 7.01. The van der Waals surface area contributed by atoms with Gasteiger partial charge in [0.15, 0.2) is 0 Å². The van der Waals surface area contributed by atoms with Gasteiger partial charge >= 0.3 is 0 Å². The molecule has 3 aromatic rings. The lowest BCUT2D eigenvalue weighted by Gasteiger charge is -2.30. The third kappa shape index (κ3) is 4.40. The van der Waals surface area contributed by atoms with Crippen molar-refractivity contribution in [2.45, 2.75) is 13.8 Å². The summed E-state index contributed by atoms with van der Waals surface area (Å²) >= 11 is 0. The molecule has 0 saturated carbocycles. The smallest absolute Gasteiger partial charge is 0.229 e. The molecule has 6 nitrogen and oxygen atoms in total. The van der Waals surface area contributed by atoms with Crippen molar-refractivity contribution in [3.8, 4) is 0 Å². The molecule has 1 aliphatic heterocycles. The van der Waals surface area contributed by atoms with Gasteiger partial charge in [0, 0.05) is 25.0 Å². The fourth-order valence-electron chi connectivity index (χ4n) is 3.46. The fourth-order valence-corrected chi connectivity index (χ4v) is 3.46. The van der Waals surface area contributed by atoms with Crippen molar-refractivity contribution in [1.82, 2.24) is 9.97 Å². The SMILES string of the molecule is Cc1cc(C)cc(Nc2nccc(Nc3ccccc3N3CCOCC3)n2)c1. The summed E-state index contributed by atoms with van der Waals surface area (Å²) in [6, 6.07) is 16.5. The summed E-state index contributed by atoms with van der Waals surface area (Å²) < 4.78 is 5.48. The van der Waals surface area contributed by atoms with Crippen molar-refractivity contribution < 1.29 is 4.74 Å². The molecule has 0 unspecified atom stereocenters. The molecule has 2 N–H and O–H groups in total. The first-order valence-electron chi connectivity index (χ1n) is 9.54. The fraction of sp³-hybridized carbons (Fsp3) is 0.273. The molecule has 0 radical (unpaired) electrons. The lowest BCUT2D eigenvalue weighted by atomic mass is 10.1. The molecule has 1 aromatic heterocycles. The van der Waals surface area contributed by atoms with Crippen molar-refractivity contribution in [2.75, 3.05) is 41.8 Å². The maximum atomic E-state index is 5.48. The summed E-state index contributed by atoms with van der Waals surface area (Å²) in [6.07, 6.45) is 1.76. The zero-order valence-electron chi connectivity index (χ0n) is 16.3. The average Bonchev–Trinajstić information content (AvgIpc) is 2.69. The van der Waals surface area contributed by atoms with Gasteiger partial charge in [-0.25, -0.2) is 4.98 Å². The Morgan fingerprint density at radius 3 is 2.46 bits per heavy atom. The van der Waals surface area contributed by atoms with Gasteiger partial charge in [0.2, 0.25) is 5.95 Å². The summed E-state index contributed by atoms with van der Waals surface area (Å²) in [5.74, 6) is 1.32. The molecule has 0 amide bonds. The molecule has 2 aromatic carbocycles. The number of nitrogens with one attached hydrogen (secondary N) is 2. The predicted molar refractivity (Wildman–Crippen MR) is 114 cm³/mol. The van der Waals surface area contributed by atoms with E-state index in [2.05, 4.69) is 75.7 Å². The van der Waals surface area contributed by atoms with E-state index in [9.17, 15) is 0 Å². The van der Waals surface area contributed by atoms with Crippen molar-refractivity contribution in [3.05, 3.63) is 65.9 Å². The first-order chi connectivity index (χ1) is 13.7. The van der Waals surface area contributed by atoms with Crippen LogP contribution in [0.25, 0.3) is 0 Å². The van der Waals surface area contributed by atoms with Crippen LogP contribution in [0.5, 0.6) is 0 Å². The second-order valence-corrected chi connectivity index (χ2v) is 7.01. The molecule has 1 aliphatic rings. The standard InChI is InChI=1S/C22H25N5O/c1-16-13-17(2)15-18(14-16)24-22-23-8-7-21(26-22)25-19-5-3-4-6-20(19)27-9-11-28-12-10-27/h3-8,13-15H,9-12H2,1-2H3,(H2,23,24,25,26). The number of benzene rings is 2. The Bertz CT molecular complexity index is 933. The summed E-state index contributed by atoms with van der Waals surface area (Å²) in [7, 11) is 0. The topological polar surface area (TPSA) is 62.3 Å². The van der Waals surface area contributed by atoms with Gasteiger partial charge in [-0.3, -0.25) is 0 Å². The van der Waals surface area contributed by atoms with Crippen molar-refractivity contribution in [2.24, 2.45) is 0 Å². The minimum atomic E-state index is 0.568. The number of hydrogen-bond donors (Lipinski definition) is 2. The zero-order chi connectivity index (χ0) is 19.3. The normalized spacial score (nSPS) is 14.0. The van der Waals surface area contributed by atoms with Crippen molar-refractivity contribution in [1.29, 1.82) is 0 Å². The molecule has 4 rings (SSSR count). The van der Waals surface area contributed by atoms with E-state index in [1.54, 1.807) is 6.20 Å². The number of rotatable bonds is 5. The maximum Gasteiger partial charge on any atom is 0.229 e. The number of hydrogen-bond acceptors (Lipinski definition) is 6. The molecular weight excluding hydrogens is 350 g/mol. The van der Waals surface area contributed by atoms with Gasteiger partial charge in [0.1, 0.15) is 5.82 Å². The summed E-state index contributed by atoms with van der Waals surface area (Å²) in [6.45, 7) is 7.46. The number of ether oxygens (including phenoxy) is 1. The molecule has 0 atom stereocenters. The predicted octanol–water partition coefficient (Wildman–Crippen LogP) is 4.42. The van der Waals surface area contributed by atoms with E-state index in [-0.39, 0.29) is 0 Å². The van der Waals surface area contributed by atoms with Gasteiger partial charge in [-0.15, -0.1) is 0 Å². The van der Waals surface area contributed by atoms with E-state index >= 15 is 0 Å². The van der Waals surface area contributed by atoms with Crippen LogP contribution in [-0.4, -0.2) is 36.3 Å². The van der Waals surface area contributed by atoms with Crippen LogP contribution in [0.15, 0.2) is 54.7 Å². The van der Waals surface area contributed by atoms with Crippen LogP contribution in [-0.2, 0) is 4.74 Å². The highest BCUT2D eigenvalue weighted by atomic mass is 16.5. The highest BCUT2D eigenvalue weighted by molar-refractivity contribution is 5.74. The first-order valence-corrected chi connectivity index (χ1v) is 9.54. The minimum absolute atomic E-state index is 0.568. The van der Waals surface area contributed by atoms with Crippen LogP contribution in [0, 0.1) is 13.8 Å². The van der Waals surface area contributed by atoms with Crippen LogP contribution in [0.2, 0.25) is 0 Å². The highest BCUT2D eigenvalue weighted by Crippen LogP contribution is 2.29. The highest BCUT2D eigenvalue weighted by Gasteiger charge is 2.14. The van der Waals surface area contributed by atoms with Crippen LogP contribution in [0.1, 0.15) is 11.1 Å². The number of aromatic nitrogens is 2. The minimum Gasteiger partial charge on any atom is -0.378 e. The first kappa shape index (κ1) is 18.3. The molecule has 0 spiro atoms. The molecule has 0 aliphatic carbocycles. The summed E-state index contributed by atoms with van der Waals surface area (Å²) in [5.41, 5.74) is 5.59. The van der Waals surface area contributed by atoms with Crippen LogP contribution in [0.4, 0.5) is 28.8 Å². The maximum absolute atomic E-state index is 5.48. The van der Waals surface area contributed by atoms with Gasteiger partial charge in [-0.2, -0.15) is 4.98 Å². The molecule has 0 bridgehead atoms. The average molecular weight is 375 g/mol. The Balaban J connectivity index is 1.54.